The van der Waals surface area contributed by atoms with Crippen molar-refractivity contribution in [2.45, 2.75) is 31.3 Å². The van der Waals surface area contributed by atoms with Crippen LogP contribution >= 0.6 is 0 Å². The average Bonchev–Trinajstić information content (AvgIpc) is 3.62. The van der Waals surface area contributed by atoms with Gasteiger partial charge in [0.1, 0.15) is 11.4 Å². The first-order valence-electron chi connectivity index (χ1n) is 12.9. The molecule has 4 aliphatic rings. The molecule has 1 spiro atoms. The summed E-state index contributed by atoms with van der Waals surface area (Å²) in [6, 6.07) is 22.6. The van der Waals surface area contributed by atoms with Crippen molar-refractivity contribution < 1.29 is 9.59 Å². The number of amides is 2. The third-order valence-electron chi connectivity index (χ3n) is 9.00. The fourth-order valence-electron chi connectivity index (χ4n) is 7.67. The number of benzene rings is 3. The number of rotatable bonds is 1. The van der Waals surface area contributed by atoms with Gasteiger partial charge in [0.25, 0.3) is 5.56 Å². The van der Waals surface area contributed by atoms with Crippen molar-refractivity contribution in [1.82, 2.24) is 14.5 Å². The Labute approximate surface area is 213 Å². The number of aryl methyl sites for hydroxylation is 1. The monoisotopic (exact) mass is 488 g/mol. The summed E-state index contributed by atoms with van der Waals surface area (Å²) in [5.41, 5.74) is 2.66. The maximum absolute atomic E-state index is 14.5. The third-order valence-corrected chi connectivity index (χ3v) is 9.00. The summed E-state index contributed by atoms with van der Waals surface area (Å²) in [4.78, 5) is 51.4. The van der Waals surface area contributed by atoms with Gasteiger partial charge in [-0.3, -0.25) is 23.9 Å². The average molecular weight is 489 g/mol. The van der Waals surface area contributed by atoms with Crippen LogP contribution < -0.4 is 10.5 Å². The highest BCUT2D eigenvalue weighted by atomic mass is 16.2. The van der Waals surface area contributed by atoms with E-state index in [1.807, 2.05) is 73.7 Å². The van der Waals surface area contributed by atoms with Gasteiger partial charge in [-0.2, -0.15) is 0 Å². The van der Waals surface area contributed by atoms with Gasteiger partial charge in [-0.05, 0) is 56.1 Å². The molecule has 0 N–H and O–H groups in total. The van der Waals surface area contributed by atoms with Crippen molar-refractivity contribution in [3.05, 3.63) is 100 Å². The molecule has 4 atom stereocenters. The summed E-state index contributed by atoms with van der Waals surface area (Å²) >= 11 is 0. The summed E-state index contributed by atoms with van der Waals surface area (Å²) in [7, 11) is 0. The number of fused-ring (bicyclic) bond motifs is 11. The summed E-state index contributed by atoms with van der Waals surface area (Å²) in [5, 5.41) is 0.543. The zero-order valence-corrected chi connectivity index (χ0v) is 20.3. The van der Waals surface area contributed by atoms with E-state index in [2.05, 4.69) is 4.90 Å². The Balaban J connectivity index is 1.46. The normalized spacial score (nSPS) is 27.7. The summed E-state index contributed by atoms with van der Waals surface area (Å²) in [6.45, 7) is 2.68. The van der Waals surface area contributed by atoms with Crippen molar-refractivity contribution in [2.75, 3.05) is 11.4 Å². The lowest BCUT2D eigenvalue weighted by atomic mass is 9.75. The first-order chi connectivity index (χ1) is 18.0. The SMILES string of the molecule is Cc1ccccc1N1C(=O)[C@H]2[C@@H](C1=O)[C@@]1(c3ccccc3-n3c1nc1ccccc1c3=O)N1CCC[C@@H]21. The Kier molecular flexibility index (Phi) is 3.99. The molecular weight excluding hydrogens is 464 g/mol. The Morgan fingerprint density at radius 2 is 1.59 bits per heavy atom. The highest BCUT2D eigenvalue weighted by Gasteiger charge is 2.73. The van der Waals surface area contributed by atoms with E-state index in [9.17, 15) is 14.4 Å². The van der Waals surface area contributed by atoms with Crippen LogP contribution in [0.1, 0.15) is 29.8 Å². The maximum Gasteiger partial charge on any atom is 0.266 e. The molecule has 37 heavy (non-hydrogen) atoms. The number of para-hydroxylation sites is 3. The van der Waals surface area contributed by atoms with Crippen molar-refractivity contribution in [3.8, 4) is 5.69 Å². The molecule has 1 aromatic heterocycles. The predicted molar refractivity (Wildman–Crippen MR) is 138 cm³/mol. The van der Waals surface area contributed by atoms with Gasteiger partial charge in [0.2, 0.25) is 11.8 Å². The van der Waals surface area contributed by atoms with E-state index in [-0.39, 0.29) is 23.4 Å². The van der Waals surface area contributed by atoms with Gasteiger partial charge in [0.05, 0.1) is 34.1 Å². The molecule has 3 saturated heterocycles. The second kappa shape index (κ2) is 7.01. The fourth-order valence-corrected chi connectivity index (χ4v) is 7.67. The van der Waals surface area contributed by atoms with Gasteiger partial charge in [-0.25, -0.2) is 9.88 Å². The van der Waals surface area contributed by atoms with Gasteiger partial charge in [0, 0.05) is 11.6 Å². The van der Waals surface area contributed by atoms with E-state index in [4.69, 9.17) is 4.98 Å². The lowest BCUT2D eigenvalue weighted by Gasteiger charge is -2.38. The maximum atomic E-state index is 14.5. The number of aromatic nitrogens is 2. The molecule has 0 radical (unpaired) electrons. The zero-order valence-electron chi connectivity index (χ0n) is 20.3. The number of carbonyl (C=O) groups is 2. The minimum absolute atomic E-state index is 0.0848. The van der Waals surface area contributed by atoms with E-state index >= 15 is 0 Å². The van der Waals surface area contributed by atoms with Crippen LogP contribution in [-0.4, -0.2) is 38.9 Å². The van der Waals surface area contributed by atoms with Gasteiger partial charge in [-0.15, -0.1) is 0 Å². The molecule has 4 aliphatic heterocycles. The highest BCUT2D eigenvalue weighted by Crippen LogP contribution is 2.62. The molecule has 182 valence electrons. The fraction of sp³-hybridized carbons (Fsp3) is 0.267. The van der Waals surface area contributed by atoms with Gasteiger partial charge < -0.3 is 0 Å². The molecule has 8 rings (SSSR count). The first-order valence-corrected chi connectivity index (χ1v) is 12.9. The number of hydrogen-bond acceptors (Lipinski definition) is 5. The Hall–Kier alpha value is -4.10. The molecule has 3 fully saturated rings. The third kappa shape index (κ3) is 2.32. The van der Waals surface area contributed by atoms with Crippen LogP contribution in [-0.2, 0) is 15.1 Å². The molecule has 0 bridgehead atoms. The van der Waals surface area contributed by atoms with E-state index in [0.717, 1.165) is 36.2 Å². The quantitative estimate of drug-likeness (QED) is 0.383. The molecule has 0 saturated carbocycles. The lowest BCUT2D eigenvalue weighted by molar-refractivity contribution is -0.124. The molecule has 4 aromatic rings. The summed E-state index contributed by atoms with van der Waals surface area (Å²) in [5.74, 6) is -0.934. The van der Waals surface area contributed by atoms with Crippen molar-refractivity contribution in [2.24, 2.45) is 11.8 Å². The number of carbonyl (C=O) groups excluding carboxylic acids is 2. The predicted octanol–water partition coefficient (Wildman–Crippen LogP) is 3.53. The number of anilines is 1. The van der Waals surface area contributed by atoms with Crippen LogP contribution in [0, 0.1) is 18.8 Å². The van der Waals surface area contributed by atoms with Crippen LogP contribution in [0.25, 0.3) is 16.6 Å². The smallest absolute Gasteiger partial charge is 0.266 e. The van der Waals surface area contributed by atoms with Crippen LogP contribution in [0.3, 0.4) is 0 Å². The summed E-state index contributed by atoms with van der Waals surface area (Å²) < 4.78 is 1.70. The van der Waals surface area contributed by atoms with E-state index in [1.54, 1.807) is 10.6 Å². The zero-order chi connectivity index (χ0) is 25.1. The minimum atomic E-state index is -0.976. The van der Waals surface area contributed by atoms with Crippen molar-refractivity contribution in [1.29, 1.82) is 0 Å². The van der Waals surface area contributed by atoms with Crippen LogP contribution in [0.4, 0.5) is 5.69 Å². The highest BCUT2D eigenvalue weighted by molar-refractivity contribution is 6.23. The van der Waals surface area contributed by atoms with Crippen LogP contribution in [0.15, 0.2) is 77.6 Å². The molecule has 0 aliphatic carbocycles. The van der Waals surface area contributed by atoms with E-state index in [0.29, 0.717) is 22.4 Å². The van der Waals surface area contributed by atoms with Gasteiger partial charge >= 0.3 is 0 Å². The molecule has 7 nitrogen and oxygen atoms in total. The number of imide groups is 1. The Morgan fingerprint density at radius 1 is 0.865 bits per heavy atom. The molecule has 3 aromatic carbocycles. The Morgan fingerprint density at radius 3 is 2.43 bits per heavy atom. The Bertz CT molecular complexity index is 1740. The topological polar surface area (TPSA) is 75.5 Å². The number of nitrogens with zero attached hydrogens (tertiary/aromatic N) is 4. The first kappa shape index (κ1) is 21.0. The van der Waals surface area contributed by atoms with Crippen molar-refractivity contribution >= 4 is 28.4 Å². The van der Waals surface area contributed by atoms with Crippen molar-refractivity contribution in [3.63, 3.8) is 0 Å². The van der Waals surface area contributed by atoms with Gasteiger partial charge in [-0.1, -0.05) is 48.5 Å². The summed E-state index contributed by atoms with van der Waals surface area (Å²) in [6.07, 6.45) is 1.77. The number of hydrogen-bond donors (Lipinski definition) is 0. The second-order valence-corrected chi connectivity index (χ2v) is 10.6. The molecule has 7 heteroatoms. The lowest BCUT2D eigenvalue weighted by Crippen LogP contribution is -2.51. The molecule has 0 unspecified atom stereocenters. The van der Waals surface area contributed by atoms with Crippen LogP contribution in [0.2, 0.25) is 0 Å². The van der Waals surface area contributed by atoms with E-state index in [1.165, 1.54) is 4.90 Å². The minimum Gasteiger partial charge on any atom is -0.283 e. The van der Waals surface area contributed by atoms with Crippen LogP contribution in [0.5, 0.6) is 0 Å². The molecular formula is C30H24N4O3. The second-order valence-electron chi connectivity index (χ2n) is 10.6. The largest absolute Gasteiger partial charge is 0.283 e. The molecule has 5 heterocycles. The molecule has 2 amide bonds. The van der Waals surface area contributed by atoms with E-state index < -0.39 is 17.4 Å². The standard InChI is InChI=1S/C30H24N4O3/c1-17-9-2-6-13-21(17)33-27(36)24-23-15-8-16-32(23)30(25(24)28(33)37)19-11-4-7-14-22(19)34-26(35)18-10-3-5-12-20(18)31-29(30)34/h2-7,9-14,23-25H,8,15-16H2,1H3/t23-,24+,25-,30+/m0/s1. The van der Waals surface area contributed by atoms with Gasteiger partial charge in [0.15, 0.2) is 0 Å².